The summed E-state index contributed by atoms with van der Waals surface area (Å²) >= 11 is 6.15. The van der Waals surface area contributed by atoms with Crippen LogP contribution >= 0.6 is 11.6 Å². The number of nitrogens with one attached hydrogen (secondary N) is 1. The monoisotopic (exact) mass is 554 g/mol. The van der Waals surface area contributed by atoms with Crippen LogP contribution in [0.2, 0.25) is 0 Å². The summed E-state index contributed by atoms with van der Waals surface area (Å²) in [7, 11) is -4.52. The van der Waals surface area contributed by atoms with Gasteiger partial charge in [-0.05, 0) is 55.5 Å². The van der Waals surface area contributed by atoms with Gasteiger partial charge in [0.15, 0.2) is 0 Å². The van der Waals surface area contributed by atoms with E-state index in [-0.39, 0.29) is 22.2 Å². The number of carbonyl (C=O) groups excluding carboxylic acids is 2. The molecule has 11 nitrogen and oxygen atoms in total. The number of amides is 2. The number of aryl methyl sites for hydroxylation is 1. The van der Waals surface area contributed by atoms with E-state index in [1.54, 1.807) is 25.1 Å². The Morgan fingerprint density at radius 3 is 2.39 bits per heavy atom. The fourth-order valence-corrected chi connectivity index (χ4v) is 5.15. The molecule has 1 aliphatic heterocycles. The summed E-state index contributed by atoms with van der Waals surface area (Å²) in [6.07, 6.45) is 0. The third-order valence-corrected chi connectivity index (χ3v) is 7.47. The van der Waals surface area contributed by atoms with Crippen LogP contribution in [0.5, 0.6) is 5.75 Å². The minimum Gasteiger partial charge on any atom is -0.508 e. The number of benzene rings is 3. The molecule has 2 unspecified atom stereocenters. The van der Waals surface area contributed by atoms with E-state index in [0.29, 0.717) is 17.1 Å². The van der Waals surface area contributed by atoms with Gasteiger partial charge in [0.25, 0.3) is 27.5 Å². The molecule has 0 spiro atoms. The Morgan fingerprint density at radius 2 is 1.74 bits per heavy atom. The van der Waals surface area contributed by atoms with Gasteiger partial charge in [-0.1, -0.05) is 18.2 Å². The molecule has 0 saturated carbocycles. The van der Waals surface area contributed by atoms with E-state index in [9.17, 15) is 32.5 Å². The Balaban J connectivity index is 1.43. The number of β-lactam (4-membered cyclic amide) rings is 1. The average Bonchev–Trinajstić information content (AvgIpc) is 2.88. The normalized spacial score (nSPS) is 17.3. The Kier molecular flexibility index (Phi) is 6.18. The standard InChI is InChI=1S/C25H19ClN4O7S/c1-13-27-19-11-10-16(38(35,36)37)12-18(19)24(33)29(13)15-8-6-14(7-9-15)23(32)28-30-22(21(26)25(30)34)17-4-2-3-5-20(17)31/h2-12,21-22,31H,1H3,(H,28,32)(H,35,36,37). The van der Waals surface area contributed by atoms with Crippen LogP contribution in [0.1, 0.15) is 27.8 Å². The second-order valence-corrected chi connectivity index (χ2v) is 10.4. The molecule has 0 radical (unpaired) electrons. The maximum Gasteiger partial charge on any atom is 0.294 e. The largest absolute Gasteiger partial charge is 0.508 e. The lowest BCUT2D eigenvalue weighted by molar-refractivity contribution is -0.149. The number of para-hydroxylation sites is 1. The molecule has 2 atom stereocenters. The summed E-state index contributed by atoms with van der Waals surface area (Å²) in [5.41, 5.74) is 3.09. The van der Waals surface area contributed by atoms with Gasteiger partial charge < -0.3 is 5.11 Å². The van der Waals surface area contributed by atoms with Crippen molar-refractivity contribution >= 4 is 44.4 Å². The molecule has 13 heteroatoms. The highest BCUT2D eigenvalue weighted by atomic mass is 35.5. The van der Waals surface area contributed by atoms with Gasteiger partial charge in [0.2, 0.25) is 0 Å². The van der Waals surface area contributed by atoms with Crippen LogP contribution in [-0.4, -0.2) is 49.8 Å². The van der Waals surface area contributed by atoms with Gasteiger partial charge in [-0.15, -0.1) is 11.6 Å². The van der Waals surface area contributed by atoms with E-state index in [4.69, 9.17) is 11.6 Å². The van der Waals surface area contributed by atoms with Crippen LogP contribution in [0, 0.1) is 6.92 Å². The Hall–Kier alpha value is -4.26. The highest BCUT2D eigenvalue weighted by molar-refractivity contribution is 7.85. The van der Waals surface area contributed by atoms with Crippen LogP contribution in [-0.2, 0) is 14.9 Å². The molecule has 2 heterocycles. The number of phenols is 1. The van der Waals surface area contributed by atoms with Gasteiger partial charge in [-0.25, -0.2) is 9.99 Å². The fourth-order valence-electron chi connectivity index (χ4n) is 4.29. The van der Waals surface area contributed by atoms with Gasteiger partial charge in [0.05, 0.1) is 21.5 Å². The molecular weight excluding hydrogens is 536 g/mol. The van der Waals surface area contributed by atoms with Gasteiger partial charge >= 0.3 is 0 Å². The molecule has 4 aromatic rings. The summed E-state index contributed by atoms with van der Waals surface area (Å²) in [6, 6.07) is 15.0. The number of hydrazine groups is 1. The maximum absolute atomic E-state index is 13.2. The maximum atomic E-state index is 13.2. The van der Waals surface area contributed by atoms with Crippen molar-refractivity contribution in [2.45, 2.75) is 23.2 Å². The summed E-state index contributed by atoms with van der Waals surface area (Å²) in [5, 5.41) is 10.2. The van der Waals surface area contributed by atoms with Crippen LogP contribution in [0.3, 0.4) is 0 Å². The van der Waals surface area contributed by atoms with Gasteiger partial charge in [-0.2, -0.15) is 8.42 Å². The molecule has 38 heavy (non-hydrogen) atoms. The summed E-state index contributed by atoms with van der Waals surface area (Å²) in [6.45, 7) is 1.59. The van der Waals surface area contributed by atoms with Crippen molar-refractivity contribution in [1.29, 1.82) is 0 Å². The number of aromatic hydroxyl groups is 1. The molecule has 0 aliphatic carbocycles. The van der Waals surface area contributed by atoms with Crippen molar-refractivity contribution < 1.29 is 27.7 Å². The lowest BCUT2D eigenvalue weighted by Gasteiger charge is -2.44. The second-order valence-electron chi connectivity index (χ2n) is 8.56. The zero-order valence-electron chi connectivity index (χ0n) is 19.6. The van der Waals surface area contributed by atoms with E-state index in [1.165, 1.54) is 41.0 Å². The molecule has 2 amide bonds. The van der Waals surface area contributed by atoms with E-state index < -0.39 is 43.8 Å². The van der Waals surface area contributed by atoms with Crippen molar-refractivity contribution in [2.75, 3.05) is 0 Å². The molecule has 194 valence electrons. The summed E-state index contributed by atoms with van der Waals surface area (Å²) < 4.78 is 33.6. The van der Waals surface area contributed by atoms with Crippen molar-refractivity contribution in [2.24, 2.45) is 0 Å². The predicted molar refractivity (Wildman–Crippen MR) is 137 cm³/mol. The lowest BCUT2D eigenvalue weighted by Crippen LogP contribution is -2.63. The van der Waals surface area contributed by atoms with Crippen LogP contribution in [0.25, 0.3) is 16.6 Å². The third-order valence-electron chi connectivity index (χ3n) is 6.20. The summed E-state index contributed by atoms with van der Waals surface area (Å²) in [4.78, 5) is 42.3. The highest BCUT2D eigenvalue weighted by Gasteiger charge is 2.49. The molecule has 1 aromatic heterocycles. The van der Waals surface area contributed by atoms with Crippen LogP contribution in [0.4, 0.5) is 0 Å². The lowest BCUT2D eigenvalue weighted by atomic mass is 9.94. The first-order chi connectivity index (χ1) is 18.0. The topological polar surface area (TPSA) is 159 Å². The number of hydrogen-bond donors (Lipinski definition) is 3. The first kappa shape index (κ1) is 25.4. The number of aromatic nitrogens is 2. The number of nitrogens with zero attached hydrogens (tertiary/aromatic N) is 3. The minimum absolute atomic E-state index is 0.0188. The molecular formula is C25H19ClN4O7S. The van der Waals surface area contributed by atoms with E-state index in [1.807, 2.05) is 0 Å². The average molecular weight is 555 g/mol. The molecule has 3 aromatic carbocycles. The number of halogens is 1. The third kappa shape index (κ3) is 4.28. The molecule has 1 fully saturated rings. The SMILES string of the molecule is Cc1nc2ccc(S(=O)(=O)O)cc2c(=O)n1-c1ccc(C(=O)NN2C(=O)C(Cl)C2c2ccccc2O)cc1. The zero-order chi connectivity index (χ0) is 27.4. The zero-order valence-corrected chi connectivity index (χ0v) is 21.1. The van der Waals surface area contributed by atoms with Crippen molar-refractivity contribution in [3.05, 3.63) is 94.0 Å². The first-order valence-corrected chi connectivity index (χ1v) is 13.0. The van der Waals surface area contributed by atoms with Crippen LogP contribution in [0.15, 0.2) is 76.4 Å². The number of hydrogen-bond acceptors (Lipinski definition) is 7. The van der Waals surface area contributed by atoms with Crippen molar-refractivity contribution in [3.8, 4) is 11.4 Å². The number of phenolic OH excluding ortho intramolecular Hbond substituents is 1. The molecule has 3 N–H and O–H groups in total. The number of carbonyl (C=O) groups is 2. The number of rotatable bonds is 5. The van der Waals surface area contributed by atoms with Crippen molar-refractivity contribution in [1.82, 2.24) is 20.0 Å². The Labute approximate surface area is 220 Å². The Bertz CT molecular complexity index is 1790. The van der Waals surface area contributed by atoms with E-state index in [2.05, 4.69) is 10.4 Å². The molecule has 0 bridgehead atoms. The Morgan fingerprint density at radius 1 is 1.05 bits per heavy atom. The second kappa shape index (κ2) is 9.24. The van der Waals surface area contributed by atoms with E-state index in [0.717, 1.165) is 17.1 Å². The summed E-state index contributed by atoms with van der Waals surface area (Å²) in [5.74, 6) is -0.900. The quantitative estimate of drug-likeness (QED) is 0.193. The first-order valence-electron chi connectivity index (χ1n) is 11.1. The molecule has 5 rings (SSSR count). The number of fused-ring (bicyclic) bond motifs is 1. The van der Waals surface area contributed by atoms with Gasteiger partial charge in [0.1, 0.15) is 23.0 Å². The highest BCUT2D eigenvalue weighted by Crippen LogP contribution is 2.40. The predicted octanol–water partition coefficient (Wildman–Crippen LogP) is 2.48. The number of alkyl halides is 1. The minimum atomic E-state index is -4.52. The molecule has 1 aliphatic rings. The van der Waals surface area contributed by atoms with Crippen LogP contribution < -0.4 is 11.0 Å². The smallest absolute Gasteiger partial charge is 0.294 e. The van der Waals surface area contributed by atoms with Gasteiger partial charge in [-0.3, -0.25) is 28.9 Å². The van der Waals surface area contributed by atoms with E-state index >= 15 is 0 Å². The molecule has 1 saturated heterocycles. The fraction of sp³-hybridized carbons (Fsp3) is 0.120. The van der Waals surface area contributed by atoms with Crippen molar-refractivity contribution in [3.63, 3.8) is 0 Å². The van der Waals surface area contributed by atoms with Gasteiger partial charge in [0, 0.05) is 11.1 Å².